The quantitative estimate of drug-likeness (QED) is 0.0894. The molecule has 2 rings (SSSR count). The first-order chi connectivity index (χ1) is 20.6. The molecule has 0 saturated carbocycles. The molecule has 0 aromatic heterocycles. The molecule has 0 bridgehead atoms. The van der Waals surface area contributed by atoms with Crippen LogP contribution in [0.25, 0.3) is 0 Å². The summed E-state index contributed by atoms with van der Waals surface area (Å²) in [4.78, 5) is 2.57. The second-order valence-electron chi connectivity index (χ2n) is 13.5. The molecule has 0 aliphatic carbocycles. The van der Waals surface area contributed by atoms with Crippen molar-refractivity contribution in [3.8, 4) is 0 Å². The van der Waals surface area contributed by atoms with Crippen LogP contribution in [0.4, 0.5) is 0 Å². The van der Waals surface area contributed by atoms with Gasteiger partial charge in [-0.15, -0.1) is 0 Å². The Kier molecular flexibility index (Phi) is 22.2. The molecule has 3 atom stereocenters. The summed E-state index contributed by atoms with van der Waals surface area (Å²) in [6, 6.07) is 10.8. The normalized spacial score (nSPS) is 18.7. The van der Waals surface area contributed by atoms with E-state index >= 15 is 0 Å². The van der Waals surface area contributed by atoms with Crippen LogP contribution in [0.1, 0.15) is 167 Å². The summed E-state index contributed by atoms with van der Waals surface area (Å²) in [5, 5.41) is 22.1. The zero-order valence-electron chi connectivity index (χ0n) is 27.9. The smallest absolute Gasteiger partial charge is 0.0667 e. The topological polar surface area (TPSA) is 43.7 Å². The standard InChI is InChI=1S/C38H69NO2S/c1-3-5-7-9-11-13-15-20-26-36(40)32-38(28-22-23-31-42-34-35-24-18-17-19-25-35)29-30-39(38)33-37(41)27-21-16-14-12-10-8-6-4-2/h17-19,24-25,36-37,40-41H,3-16,20-23,26-34H2,1-2H3. The Labute approximate surface area is 266 Å². The van der Waals surface area contributed by atoms with Crippen molar-refractivity contribution >= 4 is 11.8 Å². The SMILES string of the molecule is CCCCCCCCCCC(O)CN1CCC1(CCCCSCc1ccccc1)CC(O)CCCCCCCCCC. The van der Waals surface area contributed by atoms with Crippen molar-refractivity contribution in [3.05, 3.63) is 35.9 Å². The van der Waals surface area contributed by atoms with Crippen molar-refractivity contribution < 1.29 is 10.2 Å². The maximum absolute atomic E-state index is 11.1. The number of aliphatic hydroxyl groups is 2. The first kappa shape index (κ1) is 37.6. The Morgan fingerprint density at radius 3 is 1.79 bits per heavy atom. The monoisotopic (exact) mass is 604 g/mol. The Morgan fingerprint density at radius 2 is 1.24 bits per heavy atom. The number of aliphatic hydroxyl groups excluding tert-OH is 2. The average molecular weight is 604 g/mol. The molecule has 0 radical (unpaired) electrons. The molecule has 0 amide bonds. The van der Waals surface area contributed by atoms with E-state index in [1.165, 1.54) is 120 Å². The zero-order chi connectivity index (χ0) is 30.1. The fourth-order valence-corrected chi connectivity index (χ4v) is 7.80. The first-order valence-electron chi connectivity index (χ1n) is 18.3. The summed E-state index contributed by atoms with van der Waals surface area (Å²) in [6.45, 7) is 6.43. The van der Waals surface area contributed by atoms with Gasteiger partial charge in [0.15, 0.2) is 0 Å². The lowest BCUT2D eigenvalue weighted by Gasteiger charge is -2.55. The Hall–Kier alpha value is -0.550. The van der Waals surface area contributed by atoms with Crippen molar-refractivity contribution in [3.63, 3.8) is 0 Å². The Morgan fingerprint density at radius 1 is 0.690 bits per heavy atom. The number of likely N-dealkylation sites (tertiary alicyclic amines) is 1. The summed E-state index contributed by atoms with van der Waals surface area (Å²) in [7, 11) is 0. The summed E-state index contributed by atoms with van der Waals surface area (Å²) < 4.78 is 0. The molecule has 3 unspecified atom stereocenters. The second kappa shape index (κ2) is 24.7. The third-order valence-electron chi connectivity index (χ3n) is 9.64. The zero-order valence-corrected chi connectivity index (χ0v) is 28.7. The number of β-amino-alcohol motifs (C(OH)–C–C–N with tert-alkyl or cyclic N) is 1. The highest BCUT2D eigenvalue weighted by Gasteiger charge is 2.45. The predicted molar refractivity (Wildman–Crippen MR) is 186 cm³/mol. The summed E-state index contributed by atoms with van der Waals surface area (Å²) >= 11 is 2.04. The highest BCUT2D eigenvalue weighted by Crippen LogP contribution is 2.40. The van der Waals surface area contributed by atoms with E-state index in [1.807, 2.05) is 11.8 Å². The van der Waals surface area contributed by atoms with Crippen LogP contribution in [0.3, 0.4) is 0 Å². The first-order valence-corrected chi connectivity index (χ1v) is 19.5. The van der Waals surface area contributed by atoms with Gasteiger partial charge in [-0.05, 0) is 49.8 Å². The molecule has 42 heavy (non-hydrogen) atoms. The van der Waals surface area contributed by atoms with E-state index in [0.29, 0.717) is 0 Å². The number of thioether (sulfide) groups is 1. The highest BCUT2D eigenvalue weighted by atomic mass is 32.2. The molecule has 4 heteroatoms. The van der Waals surface area contributed by atoms with E-state index in [4.69, 9.17) is 0 Å². The number of nitrogens with zero attached hydrogens (tertiary/aromatic N) is 1. The molecule has 1 aromatic carbocycles. The van der Waals surface area contributed by atoms with Crippen LogP contribution < -0.4 is 0 Å². The summed E-state index contributed by atoms with van der Waals surface area (Å²) in [5.74, 6) is 2.30. The molecule has 244 valence electrons. The third kappa shape index (κ3) is 17.1. The van der Waals surface area contributed by atoms with Crippen LogP contribution in [-0.4, -0.2) is 51.7 Å². The number of hydrogen-bond acceptors (Lipinski definition) is 4. The number of rotatable bonds is 29. The van der Waals surface area contributed by atoms with Crippen molar-refractivity contribution in [1.82, 2.24) is 4.90 Å². The minimum atomic E-state index is -0.226. The third-order valence-corrected chi connectivity index (χ3v) is 10.8. The number of benzene rings is 1. The van der Waals surface area contributed by atoms with Gasteiger partial charge in [-0.2, -0.15) is 11.8 Å². The van der Waals surface area contributed by atoms with Crippen LogP contribution in [0.2, 0.25) is 0 Å². The minimum absolute atomic E-state index is 0.101. The largest absolute Gasteiger partial charge is 0.393 e. The van der Waals surface area contributed by atoms with E-state index in [9.17, 15) is 10.2 Å². The molecule has 1 fully saturated rings. The maximum atomic E-state index is 11.1. The fourth-order valence-electron chi connectivity index (χ4n) is 6.82. The second-order valence-corrected chi connectivity index (χ2v) is 14.6. The predicted octanol–water partition coefficient (Wildman–Crippen LogP) is 10.7. The van der Waals surface area contributed by atoms with E-state index in [0.717, 1.165) is 57.4 Å². The molecule has 1 saturated heterocycles. The van der Waals surface area contributed by atoms with Gasteiger partial charge in [-0.3, -0.25) is 4.90 Å². The van der Waals surface area contributed by atoms with Gasteiger partial charge in [0.25, 0.3) is 0 Å². The molecule has 1 aliphatic rings. The van der Waals surface area contributed by atoms with Crippen molar-refractivity contribution in [1.29, 1.82) is 0 Å². The van der Waals surface area contributed by atoms with Crippen molar-refractivity contribution in [2.24, 2.45) is 0 Å². The van der Waals surface area contributed by atoms with Crippen molar-refractivity contribution in [2.75, 3.05) is 18.8 Å². The molecule has 0 spiro atoms. The van der Waals surface area contributed by atoms with E-state index < -0.39 is 0 Å². The van der Waals surface area contributed by atoms with Gasteiger partial charge in [0.05, 0.1) is 12.2 Å². The Bertz CT molecular complexity index is 731. The molecular formula is C38H69NO2S. The van der Waals surface area contributed by atoms with Crippen LogP contribution in [0.15, 0.2) is 30.3 Å². The average Bonchev–Trinajstić information content (AvgIpc) is 2.99. The lowest BCUT2D eigenvalue weighted by molar-refractivity contribution is -0.0780. The molecule has 1 aromatic rings. The van der Waals surface area contributed by atoms with E-state index in [-0.39, 0.29) is 17.7 Å². The van der Waals surface area contributed by atoms with E-state index in [1.54, 1.807) is 0 Å². The number of unbranched alkanes of at least 4 members (excludes halogenated alkanes) is 15. The summed E-state index contributed by atoms with van der Waals surface area (Å²) in [5.41, 5.74) is 1.52. The highest BCUT2D eigenvalue weighted by molar-refractivity contribution is 7.98. The van der Waals surface area contributed by atoms with Crippen LogP contribution in [-0.2, 0) is 5.75 Å². The molecule has 2 N–H and O–H groups in total. The van der Waals surface area contributed by atoms with Gasteiger partial charge < -0.3 is 10.2 Å². The van der Waals surface area contributed by atoms with Gasteiger partial charge in [0.2, 0.25) is 0 Å². The lowest BCUT2D eigenvalue weighted by atomic mass is 9.75. The van der Waals surface area contributed by atoms with Crippen LogP contribution in [0, 0.1) is 0 Å². The van der Waals surface area contributed by atoms with Crippen LogP contribution in [0.5, 0.6) is 0 Å². The van der Waals surface area contributed by atoms with Gasteiger partial charge in [0, 0.05) is 24.4 Å². The molecular weight excluding hydrogens is 534 g/mol. The number of hydrogen-bond donors (Lipinski definition) is 2. The maximum Gasteiger partial charge on any atom is 0.0667 e. The van der Waals surface area contributed by atoms with Crippen molar-refractivity contribution in [2.45, 2.75) is 185 Å². The van der Waals surface area contributed by atoms with Gasteiger partial charge >= 0.3 is 0 Å². The lowest BCUT2D eigenvalue weighted by Crippen LogP contribution is -2.62. The van der Waals surface area contributed by atoms with E-state index in [2.05, 4.69) is 49.1 Å². The minimum Gasteiger partial charge on any atom is -0.393 e. The van der Waals surface area contributed by atoms with Gasteiger partial charge in [0.1, 0.15) is 0 Å². The van der Waals surface area contributed by atoms with Crippen LogP contribution >= 0.6 is 11.8 Å². The molecule has 1 heterocycles. The van der Waals surface area contributed by atoms with Gasteiger partial charge in [-0.25, -0.2) is 0 Å². The molecule has 3 nitrogen and oxygen atoms in total. The molecule has 1 aliphatic heterocycles. The summed E-state index contributed by atoms with van der Waals surface area (Å²) in [6.07, 6.45) is 28.2. The van der Waals surface area contributed by atoms with Gasteiger partial charge in [-0.1, -0.05) is 153 Å². The Balaban J connectivity index is 1.73. The fraction of sp³-hybridized carbons (Fsp3) is 0.842.